The standard InChI is InChI=1S/C6H10O4/c7-3-1-9-4-2-10-6(4)5(3)8/h3-8H,1-2H2/t3?,4-,5?,6?/m0/s1. The fourth-order valence-corrected chi connectivity index (χ4v) is 1.29. The maximum absolute atomic E-state index is 9.21. The number of aliphatic hydroxyl groups is 2. The van der Waals surface area contributed by atoms with E-state index in [0.29, 0.717) is 6.61 Å². The molecule has 2 aliphatic rings. The van der Waals surface area contributed by atoms with Gasteiger partial charge < -0.3 is 19.7 Å². The van der Waals surface area contributed by atoms with Gasteiger partial charge in [0.15, 0.2) is 0 Å². The molecule has 4 atom stereocenters. The molecule has 2 heterocycles. The van der Waals surface area contributed by atoms with E-state index in [1.807, 2.05) is 0 Å². The van der Waals surface area contributed by atoms with E-state index in [0.717, 1.165) is 0 Å². The summed E-state index contributed by atoms with van der Waals surface area (Å²) in [4.78, 5) is 0. The predicted octanol–water partition coefficient (Wildman–Crippen LogP) is -1.49. The Morgan fingerprint density at radius 1 is 1.10 bits per heavy atom. The largest absolute Gasteiger partial charge is 0.388 e. The van der Waals surface area contributed by atoms with Gasteiger partial charge in [0.25, 0.3) is 0 Å². The summed E-state index contributed by atoms with van der Waals surface area (Å²) in [5.41, 5.74) is 0. The lowest BCUT2D eigenvalue weighted by Gasteiger charge is -2.44. The van der Waals surface area contributed by atoms with Crippen molar-refractivity contribution in [1.29, 1.82) is 0 Å². The highest BCUT2D eigenvalue weighted by Gasteiger charge is 2.45. The number of fused-ring (bicyclic) bond motifs is 1. The molecule has 4 nitrogen and oxygen atoms in total. The molecule has 2 rings (SSSR count). The zero-order valence-corrected chi connectivity index (χ0v) is 5.43. The van der Waals surface area contributed by atoms with E-state index in [4.69, 9.17) is 14.6 Å². The van der Waals surface area contributed by atoms with Crippen LogP contribution >= 0.6 is 0 Å². The van der Waals surface area contributed by atoms with Crippen LogP contribution in [0.5, 0.6) is 0 Å². The third-order valence-corrected chi connectivity index (χ3v) is 2.03. The Labute approximate surface area is 58.4 Å². The Kier molecular flexibility index (Phi) is 1.42. The minimum absolute atomic E-state index is 0.0124. The van der Waals surface area contributed by atoms with Crippen LogP contribution in [0.1, 0.15) is 0 Å². The van der Waals surface area contributed by atoms with Crippen molar-refractivity contribution < 1.29 is 19.7 Å². The van der Waals surface area contributed by atoms with Crippen LogP contribution in [-0.4, -0.2) is 47.8 Å². The SMILES string of the molecule is OC1CO[C@H]2COC2C1O. The first-order valence-corrected chi connectivity index (χ1v) is 3.38. The van der Waals surface area contributed by atoms with Gasteiger partial charge in [-0.15, -0.1) is 0 Å². The van der Waals surface area contributed by atoms with Crippen molar-refractivity contribution in [3.63, 3.8) is 0 Å². The molecule has 2 N–H and O–H groups in total. The first-order chi connectivity index (χ1) is 4.79. The van der Waals surface area contributed by atoms with Crippen LogP contribution in [0.25, 0.3) is 0 Å². The van der Waals surface area contributed by atoms with Crippen LogP contribution in [0.4, 0.5) is 0 Å². The fraction of sp³-hybridized carbons (Fsp3) is 1.00. The van der Waals surface area contributed by atoms with E-state index < -0.39 is 12.2 Å². The zero-order valence-electron chi connectivity index (χ0n) is 5.43. The number of hydrogen-bond donors (Lipinski definition) is 2. The van der Waals surface area contributed by atoms with Crippen molar-refractivity contribution in [3.05, 3.63) is 0 Å². The summed E-state index contributed by atoms with van der Waals surface area (Å²) < 4.78 is 10.1. The predicted molar refractivity (Wildman–Crippen MR) is 31.5 cm³/mol. The van der Waals surface area contributed by atoms with E-state index in [1.54, 1.807) is 0 Å². The van der Waals surface area contributed by atoms with E-state index in [1.165, 1.54) is 0 Å². The average Bonchev–Trinajstić information content (AvgIpc) is 1.82. The Morgan fingerprint density at radius 2 is 1.90 bits per heavy atom. The monoisotopic (exact) mass is 146 g/mol. The van der Waals surface area contributed by atoms with Crippen LogP contribution < -0.4 is 0 Å². The molecule has 2 fully saturated rings. The van der Waals surface area contributed by atoms with E-state index >= 15 is 0 Å². The first kappa shape index (κ1) is 6.54. The lowest BCUT2D eigenvalue weighted by atomic mass is 9.97. The maximum atomic E-state index is 9.21. The molecule has 2 saturated heterocycles. The lowest BCUT2D eigenvalue weighted by Crippen LogP contribution is -2.62. The van der Waals surface area contributed by atoms with Crippen molar-refractivity contribution >= 4 is 0 Å². The first-order valence-electron chi connectivity index (χ1n) is 3.38. The molecule has 4 heteroatoms. The van der Waals surface area contributed by atoms with Crippen LogP contribution in [0.2, 0.25) is 0 Å². The van der Waals surface area contributed by atoms with Crippen LogP contribution in [0.3, 0.4) is 0 Å². The quantitative estimate of drug-likeness (QED) is 0.437. The molecule has 0 bridgehead atoms. The summed E-state index contributed by atoms with van der Waals surface area (Å²) in [5, 5.41) is 18.3. The van der Waals surface area contributed by atoms with Gasteiger partial charge in [-0.1, -0.05) is 0 Å². The zero-order chi connectivity index (χ0) is 7.14. The summed E-state index contributed by atoms with van der Waals surface area (Å²) in [6, 6.07) is 0. The van der Waals surface area contributed by atoms with E-state index in [9.17, 15) is 5.11 Å². The van der Waals surface area contributed by atoms with Gasteiger partial charge in [-0.2, -0.15) is 0 Å². The van der Waals surface area contributed by atoms with Gasteiger partial charge in [-0.3, -0.25) is 0 Å². The van der Waals surface area contributed by atoms with Crippen molar-refractivity contribution in [1.82, 2.24) is 0 Å². The molecule has 0 aliphatic carbocycles. The second kappa shape index (κ2) is 2.17. The lowest BCUT2D eigenvalue weighted by molar-refractivity contribution is -0.277. The van der Waals surface area contributed by atoms with Gasteiger partial charge in [-0.25, -0.2) is 0 Å². The summed E-state index contributed by atoms with van der Waals surface area (Å²) in [6.07, 6.45) is -1.81. The van der Waals surface area contributed by atoms with Gasteiger partial charge in [0.2, 0.25) is 0 Å². The summed E-state index contributed by atoms with van der Waals surface area (Å²) in [5.74, 6) is 0. The molecule has 0 amide bonds. The fourth-order valence-electron chi connectivity index (χ4n) is 1.29. The number of hydrogen-bond acceptors (Lipinski definition) is 4. The summed E-state index contributed by atoms with van der Waals surface area (Å²) >= 11 is 0. The maximum Gasteiger partial charge on any atom is 0.114 e. The van der Waals surface area contributed by atoms with Gasteiger partial charge in [0, 0.05) is 0 Å². The van der Waals surface area contributed by atoms with Crippen molar-refractivity contribution in [2.24, 2.45) is 0 Å². The highest BCUT2D eigenvalue weighted by atomic mass is 16.6. The molecule has 0 aromatic rings. The molecule has 58 valence electrons. The number of rotatable bonds is 0. The third-order valence-electron chi connectivity index (χ3n) is 2.03. The molecule has 2 aliphatic heterocycles. The van der Waals surface area contributed by atoms with Crippen LogP contribution in [0, 0.1) is 0 Å². The number of ether oxygens (including phenoxy) is 2. The Hall–Kier alpha value is -0.160. The van der Waals surface area contributed by atoms with Crippen molar-refractivity contribution in [3.8, 4) is 0 Å². The molecule has 0 aromatic heterocycles. The van der Waals surface area contributed by atoms with E-state index in [-0.39, 0.29) is 18.8 Å². The molecule has 0 radical (unpaired) electrons. The molecule has 0 saturated carbocycles. The smallest absolute Gasteiger partial charge is 0.114 e. The molecule has 10 heavy (non-hydrogen) atoms. The molecular formula is C6H10O4. The van der Waals surface area contributed by atoms with Gasteiger partial charge >= 0.3 is 0 Å². The topological polar surface area (TPSA) is 58.9 Å². The van der Waals surface area contributed by atoms with Gasteiger partial charge in [0.05, 0.1) is 13.2 Å². The molecule has 0 spiro atoms. The minimum Gasteiger partial charge on any atom is -0.388 e. The Morgan fingerprint density at radius 3 is 2.40 bits per heavy atom. The van der Waals surface area contributed by atoms with Gasteiger partial charge in [0.1, 0.15) is 24.4 Å². The van der Waals surface area contributed by atoms with Crippen LogP contribution in [-0.2, 0) is 9.47 Å². The normalized spacial score (nSPS) is 53.4. The second-order valence-corrected chi connectivity index (χ2v) is 2.73. The Bertz CT molecular complexity index is 132. The average molecular weight is 146 g/mol. The van der Waals surface area contributed by atoms with Crippen molar-refractivity contribution in [2.75, 3.05) is 13.2 Å². The van der Waals surface area contributed by atoms with E-state index in [2.05, 4.69) is 0 Å². The van der Waals surface area contributed by atoms with Crippen LogP contribution in [0.15, 0.2) is 0 Å². The highest BCUT2D eigenvalue weighted by Crippen LogP contribution is 2.26. The second-order valence-electron chi connectivity index (χ2n) is 2.73. The highest BCUT2D eigenvalue weighted by molar-refractivity contribution is 4.93. The van der Waals surface area contributed by atoms with Crippen molar-refractivity contribution in [2.45, 2.75) is 24.4 Å². The third kappa shape index (κ3) is 0.769. The Balaban J connectivity index is 2.01. The number of aliphatic hydroxyl groups excluding tert-OH is 2. The molecular weight excluding hydrogens is 136 g/mol. The van der Waals surface area contributed by atoms with Gasteiger partial charge in [-0.05, 0) is 0 Å². The minimum atomic E-state index is -0.776. The summed E-state index contributed by atoms with van der Waals surface area (Å²) in [7, 11) is 0. The summed E-state index contributed by atoms with van der Waals surface area (Å²) in [6.45, 7) is 0.778. The molecule has 3 unspecified atom stereocenters. The molecule has 0 aromatic carbocycles.